The summed E-state index contributed by atoms with van der Waals surface area (Å²) >= 11 is 0. The van der Waals surface area contributed by atoms with Crippen molar-refractivity contribution >= 4 is 6.21 Å². The number of unbranched alkanes of at least 4 members (excludes halogenated alkanes) is 1. The molecule has 1 unspecified atom stereocenters. The van der Waals surface area contributed by atoms with E-state index in [1.54, 1.807) is 0 Å². The first-order valence-electron chi connectivity index (χ1n) is 6.73. The maximum atomic E-state index is 4.53. The Kier molecular flexibility index (Phi) is 7.75. The zero-order valence-electron chi connectivity index (χ0n) is 10.6. The van der Waals surface area contributed by atoms with Crippen LogP contribution in [0.1, 0.15) is 51.9 Å². The molecule has 0 aromatic carbocycles. The highest BCUT2D eigenvalue weighted by Gasteiger charge is 2.02. The van der Waals surface area contributed by atoms with E-state index in [1.165, 1.54) is 38.5 Å². The molecule has 0 spiro atoms. The molecule has 0 saturated heterocycles. The van der Waals surface area contributed by atoms with Gasteiger partial charge in [0.25, 0.3) is 0 Å². The summed E-state index contributed by atoms with van der Waals surface area (Å²) in [4.78, 5) is 4.53. The van der Waals surface area contributed by atoms with Gasteiger partial charge in [0.05, 0.1) is 0 Å². The van der Waals surface area contributed by atoms with Gasteiger partial charge in [-0.25, -0.2) is 0 Å². The normalized spacial score (nSPS) is 28.7. The van der Waals surface area contributed by atoms with Gasteiger partial charge >= 0.3 is 0 Å². The molecule has 0 saturated carbocycles. The van der Waals surface area contributed by atoms with Crippen LogP contribution in [-0.4, -0.2) is 12.8 Å². The number of rotatable bonds is 3. The van der Waals surface area contributed by atoms with Crippen LogP contribution in [0.15, 0.2) is 29.3 Å². The topological polar surface area (TPSA) is 12.4 Å². The van der Waals surface area contributed by atoms with Gasteiger partial charge in [-0.1, -0.05) is 44.1 Å². The van der Waals surface area contributed by atoms with Crippen LogP contribution in [0.4, 0.5) is 0 Å². The van der Waals surface area contributed by atoms with E-state index in [0.29, 0.717) is 5.92 Å². The van der Waals surface area contributed by atoms with Crippen molar-refractivity contribution in [2.24, 2.45) is 10.9 Å². The molecular formula is C15H25N. The molecule has 0 aromatic heterocycles. The molecule has 0 bridgehead atoms. The predicted octanol–water partition coefficient (Wildman–Crippen LogP) is 4.55. The molecule has 1 aliphatic heterocycles. The molecule has 0 N–H and O–H groups in total. The fourth-order valence-electron chi connectivity index (χ4n) is 1.91. The van der Waals surface area contributed by atoms with Gasteiger partial charge in [-0.3, -0.25) is 4.99 Å². The lowest BCUT2D eigenvalue weighted by Crippen LogP contribution is -2.01. The van der Waals surface area contributed by atoms with Gasteiger partial charge in [0.1, 0.15) is 0 Å². The molecule has 1 rings (SSSR count). The van der Waals surface area contributed by atoms with E-state index in [1.807, 2.05) is 0 Å². The lowest BCUT2D eigenvalue weighted by molar-refractivity contribution is 0.595. The molecule has 0 amide bonds. The van der Waals surface area contributed by atoms with E-state index in [2.05, 4.69) is 42.4 Å². The zero-order valence-corrected chi connectivity index (χ0v) is 10.6. The summed E-state index contributed by atoms with van der Waals surface area (Å²) in [7, 11) is 0. The summed E-state index contributed by atoms with van der Waals surface area (Å²) in [5, 5.41) is 0. The minimum absolute atomic E-state index is 0.666. The van der Waals surface area contributed by atoms with Crippen molar-refractivity contribution in [3.05, 3.63) is 24.3 Å². The van der Waals surface area contributed by atoms with Gasteiger partial charge in [-0.05, 0) is 38.0 Å². The Labute approximate surface area is 100 Å². The average Bonchev–Trinajstić information content (AvgIpc) is 2.28. The fourth-order valence-corrected chi connectivity index (χ4v) is 1.91. The van der Waals surface area contributed by atoms with Crippen LogP contribution < -0.4 is 0 Å². The van der Waals surface area contributed by atoms with Crippen LogP contribution in [0, 0.1) is 5.92 Å². The Balaban J connectivity index is 2.43. The summed E-state index contributed by atoms with van der Waals surface area (Å²) in [6.45, 7) is 3.22. The Morgan fingerprint density at radius 2 is 1.81 bits per heavy atom. The van der Waals surface area contributed by atoms with E-state index in [9.17, 15) is 0 Å². The largest absolute Gasteiger partial charge is 0.297 e. The molecule has 1 aliphatic rings. The van der Waals surface area contributed by atoms with Crippen molar-refractivity contribution in [3.8, 4) is 0 Å². The summed E-state index contributed by atoms with van der Waals surface area (Å²) in [5.74, 6) is 0.666. The lowest BCUT2D eigenvalue weighted by Gasteiger charge is -2.08. The van der Waals surface area contributed by atoms with E-state index >= 15 is 0 Å². The second kappa shape index (κ2) is 9.38. The molecule has 1 heterocycles. The summed E-state index contributed by atoms with van der Waals surface area (Å²) in [6.07, 6.45) is 19.9. The Bertz CT molecular complexity index is 238. The molecule has 1 heteroatoms. The number of hydrogen-bond donors (Lipinski definition) is 0. The molecule has 0 radical (unpaired) electrons. The van der Waals surface area contributed by atoms with Crippen molar-refractivity contribution < 1.29 is 0 Å². The third kappa shape index (κ3) is 6.60. The number of nitrogens with zero attached hydrogens (tertiary/aromatic N) is 1. The highest BCUT2D eigenvalue weighted by atomic mass is 14.7. The molecule has 1 atom stereocenters. The van der Waals surface area contributed by atoms with Crippen molar-refractivity contribution in [2.75, 3.05) is 6.54 Å². The summed E-state index contributed by atoms with van der Waals surface area (Å²) in [6, 6.07) is 0. The van der Waals surface area contributed by atoms with Gasteiger partial charge < -0.3 is 0 Å². The first kappa shape index (κ1) is 13.2. The van der Waals surface area contributed by atoms with Crippen LogP contribution in [0.5, 0.6) is 0 Å². The maximum Gasteiger partial charge on any atom is 0.0420 e. The minimum atomic E-state index is 0.666. The molecule has 1 nitrogen and oxygen atoms in total. The maximum absolute atomic E-state index is 4.53. The van der Waals surface area contributed by atoms with Gasteiger partial charge in [0.15, 0.2) is 0 Å². The third-order valence-corrected chi connectivity index (χ3v) is 2.94. The SMILES string of the molecule is CCCCC1/C=N/CC/C=C/CC/C=C/C1. The second-order valence-corrected chi connectivity index (χ2v) is 4.50. The van der Waals surface area contributed by atoms with Gasteiger partial charge in [0.2, 0.25) is 0 Å². The van der Waals surface area contributed by atoms with Gasteiger partial charge in [-0.15, -0.1) is 0 Å². The Morgan fingerprint density at radius 3 is 2.62 bits per heavy atom. The summed E-state index contributed by atoms with van der Waals surface area (Å²) in [5.41, 5.74) is 0. The molecule has 0 fully saturated rings. The second-order valence-electron chi connectivity index (χ2n) is 4.50. The van der Waals surface area contributed by atoms with E-state index < -0.39 is 0 Å². The highest BCUT2D eigenvalue weighted by molar-refractivity contribution is 5.60. The molecular weight excluding hydrogens is 194 g/mol. The number of allylic oxidation sites excluding steroid dienone is 3. The van der Waals surface area contributed by atoms with Crippen molar-refractivity contribution in [3.63, 3.8) is 0 Å². The zero-order chi connectivity index (χ0) is 11.5. The van der Waals surface area contributed by atoms with Crippen LogP contribution in [-0.2, 0) is 0 Å². The molecule has 0 aromatic rings. The number of aliphatic imine (C=N–C) groups is 1. The van der Waals surface area contributed by atoms with Crippen molar-refractivity contribution in [2.45, 2.75) is 51.9 Å². The Morgan fingerprint density at radius 1 is 1.06 bits per heavy atom. The molecule has 90 valence electrons. The van der Waals surface area contributed by atoms with Crippen LogP contribution in [0.2, 0.25) is 0 Å². The van der Waals surface area contributed by atoms with E-state index in [-0.39, 0.29) is 0 Å². The first-order valence-corrected chi connectivity index (χ1v) is 6.73. The fraction of sp³-hybridized carbons (Fsp3) is 0.667. The highest BCUT2D eigenvalue weighted by Crippen LogP contribution is 2.12. The van der Waals surface area contributed by atoms with E-state index in [4.69, 9.17) is 0 Å². The van der Waals surface area contributed by atoms with Crippen LogP contribution in [0.3, 0.4) is 0 Å². The average molecular weight is 219 g/mol. The minimum Gasteiger partial charge on any atom is -0.297 e. The Hall–Kier alpha value is -0.850. The molecule has 16 heavy (non-hydrogen) atoms. The van der Waals surface area contributed by atoms with E-state index in [0.717, 1.165) is 13.0 Å². The van der Waals surface area contributed by atoms with Gasteiger partial charge in [0, 0.05) is 12.8 Å². The predicted molar refractivity (Wildman–Crippen MR) is 73.1 cm³/mol. The first-order chi connectivity index (χ1) is 7.93. The van der Waals surface area contributed by atoms with Crippen LogP contribution >= 0.6 is 0 Å². The molecule has 0 aliphatic carbocycles. The number of hydrogen-bond acceptors (Lipinski definition) is 1. The smallest absolute Gasteiger partial charge is 0.0420 e. The lowest BCUT2D eigenvalue weighted by atomic mass is 9.99. The van der Waals surface area contributed by atoms with Crippen molar-refractivity contribution in [1.29, 1.82) is 0 Å². The monoisotopic (exact) mass is 219 g/mol. The van der Waals surface area contributed by atoms with Gasteiger partial charge in [-0.2, -0.15) is 0 Å². The standard InChI is InChI=1S/C15H25N/c1-2-3-11-15-12-9-7-5-4-6-8-10-13-16-14-15/h6-9,14-15H,2-5,10-13H2,1H3/b8-6+,9-7+,16-14+. The van der Waals surface area contributed by atoms with Crippen molar-refractivity contribution in [1.82, 2.24) is 0 Å². The third-order valence-electron chi connectivity index (χ3n) is 2.94. The quantitative estimate of drug-likeness (QED) is 0.617. The summed E-state index contributed by atoms with van der Waals surface area (Å²) < 4.78 is 0. The van der Waals surface area contributed by atoms with Crippen LogP contribution in [0.25, 0.3) is 0 Å².